The zero-order valence-corrected chi connectivity index (χ0v) is 16.6. The Labute approximate surface area is 170 Å². The lowest BCUT2D eigenvalue weighted by Gasteiger charge is -2.25. The second-order valence-corrected chi connectivity index (χ2v) is 7.51. The first-order valence-electron chi connectivity index (χ1n) is 10.0. The van der Waals surface area contributed by atoms with Gasteiger partial charge >= 0.3 is 0 Å². The van der Waals surface area contributed by atoms with Crippen LogP contribution < -0.4 is 5.48 Å². The predicted octanol–water partition coefficient (Wildman–Crippen LogP) is 3.54. The molecule has 1 aromatic carbocycles. The number of carbonyl (C=O) groups excluding carboxylic acids is 1. The van der Waals surface area contributed by atoms with Crippen molar-refractivity contribution in [3.05, 3.63) is 77.1 Å². The maximum atomic E-state index is 11.1. The van der Waals surface area contributed by atoms with Crippen LogP contribution in [0.3, 0.4) is 0 Å². The van der Waals surface area contributed by atoms with Gasteiger partial charge in [-0.2, -0.15) is 5.10 Å². The summed E-state index contributed by atoms with van der Waals surface area (Å²) in [6.45, 7) is 4.22. The molecule has 1 aliphatic rings. The number of amides is 1. The van der Waals surface area contributed by atoms with Crippen LogP contribution in [-0.2, 0) is 11.2 Å². The van der Waals surface area contributed by atoms with Crippen molar-refractivity contribution >= 4 is 17.5 Å². The average molecular weight is 390 g/mol. The molecule has 1 aliphatic heterocycles. The molecule has 0 aliphatic carbocycles. The second kappa shape index (κ2) is 8.59. The fourth-order valence-corrected chi connectivity index (χ4v) is 4.24. The normalized spacial score (nSPS) is 17.4. The summed E-state index contributed by atoms with van der Waals surface area (Å²) in [5.41, 5.74) is 7.48. The van der Waals surface area contributed by atoms with Crippen LogP contribution in [0.15, 0.2) is 54.7 Å². The quantitative estimate of drug-likeness (QED) is 0.384. The number of benzene rings is 1. The van der Waals surface area contributed by atoms with Crippen LogP contribution >= 0.6 is 0 Å². The van der Waals surface area contributed by atoms with E-state index in [1.807, 2.05) is 28.9 Å². The first kappa shape index (κ1) is 19.4. The number of fused-ring (bicyclic) bond motifs is 1. The van der Waals surface area contributed by atoms with Gasteiger partial charge in [-0.1, -0.05) is 30.3 Å². The summed E-state index contributed by atoms with van der Waals surface area (Å²) in [4.78, 5) is 13.7. The van der Waals surface area contributed by atoms with E-state index in [0.29, 0.717) is 6.04 Å². The van der Waals surface area contributed by atoms with Crippen LogP contribution in [-0.4, -0.2) is 38.7 Å². The molecule has 29 heavy (non-hydrogen) atoms. The Morgan fingerprint density at radius 1 is 1.28 bits per heavy atom. The third kappa shape index (κ3) is 4.23. The van der Waals surface area contributed by atoms with Crippen molar-refractivity contribution in [1.29, 1.82) is 0 Å². The van der Waals surface area contributed by atoms with Gasteiger partial charge in [0.25, 0.3) is 5.91 Å². The summed E-state index contributed by atoms with van der Waals surface area (Å²) in [5.74, 6) is -0.529. The molecule has 1 atom stereocenters. The van der Waals surface area contributed by atoms with Crippen molar-refractivity contribution in [3.8, 4) is 0 Å². The molecule has 0 bridgehead atoms. The van der Waals surface area contributed by atoms with Crippen LogP contribution in [0.1, 0.15) is 41.3 Å². The molecule has 3 heterocycles. The highest BCUT2D eigenvalue weighted by atomic mass is 16.5. The highest BCUT2D eigenvalue weighted by Crippen LogP contribution is 2.32. The highest BCUT2D eigenvalue weighted by molar-refractivity contribution is 5.90. The van der Waals surface area contributed by atoms with E-state index in [2.05, 4.69) is 41.2 Å². The van der Waals surface area contributed by atoms with Gasteiger partial charge in [0.2, 0.25) is 0 Å². The van der Waals surface area contributed by atoms with Gasteiger partial charge < -0.3 is 0 Å². The van der Waals surface area contributed by atoms with E-state index in [1.165, 1.54) is 29.1 Å². The maximum Gasteiger partial charge on any atom is 0.267 e. The van der Waals surface area contributed by atoms with Gasteiger partial charge in [-0.15, -0.1) is 0 Å². The summed E-state index contributed by atoms with van der Waals surface area (Å²) in [5, 5.41) is 13.2. The van der Waals surface area contributed by atoms with Crippen molar-refractivity contribution in [3.63, 3.8) is 0 Å². The number of aromatic nitrogens is 2. The Bertz CT molecular complexity index is 1020. The van der Waals surface area contributed by atoms with Gasteiger partial charge in [0.15, 0.2) is 0 Å². The largest absolute Gasteiger partial charge is 0.296 e. The number of rotatable bonds is 6. The van der Waals surface area contributed by atoms with Gasteiger partial charge in [0, 0.05) is 30.4 Å². The van der Waals surface area contributed by atoms with E-state index in [1.54, 1.807) is 11.6 Å². The van der Waals surface area contributed by atoms with E-state index in [9.17, 15) is 4.79 Å². The standard InChI is InChI=1S/C23H26N4O2/c1-17-20(22-5-2-3-15-27(22)24-17)13-16-26-14-4-6-21(26)19-10-7-18(8-11-19)9-12-23(28)25-29/h2-3,5,7-12,15,21,29H,4,6,13-14,16H2,1H3,(H,25,28)/b12-9+. The SMILES string of the molecule is Cc1nn2ccccc2c1CCN1CCCC1c1ccc(/C=C/C(=O)NO)cc1. The molecule has 6 nitrogen and oxygen atoms in total. The monoisotopic (exact) mass is 390 g/mol. The Morgan fingerprint density at radius 2 is 2.10 bits per heavy atom. The van der Waals surface area contributed by atoms with Gasteiger partial charge in [-0.05, 0) is 62.1 Å². The third-order valence-electron chi connectivity index (χ3n) is 5.71. The zero-order valence-electron chi connectivity index (χ0n) is 16.6. The Balaban J connectivity index is 1.44. The lowest BCUT2D eigenvalue weighted by molar-refractivity contribution is -0.124. The first-order chi connectivity index (χ1) is 14.2. The number of hydrogen-bond donors (Lipinski definition) is 2. The van der Waals surface area contributed by atoms with Crippen LogP contribution in [0.25, 0.3) is 11.6 Å². The molecule has 1 saturated heterocycles. The van der Waals surface area contributed by atoms with Crippen molar-refractivity contribution in [2.24, 2.45) is 0 Å². The number of aryl methyl sites for hydroxylation is 1. The van der Waals surface area contributed by atoms with Crippen LogP contribution in [0.5, 0.6) is 0 Å². The lowest BCUT2D eigenvalue weighted by Crippen LogP contribution is -2.25. The number of hydrogen-bond acceptors (Lipinski definition) is 4. The lowest BCUT2D eigenvalue weighted by atomic mass is 10.0. The molecule has 150 valence electrons. The zero-order chi connectivity index (χ0) is 20.2. The summed E-state index contributed by atoms with van der Waals surface area (Å²) < 4.78 is 1.97. The molecule has 0 saturated carbocycles. The number of hydroxylamine groups is 1. The Morgan fingerprint density at radius 3 is 2.90 bits per heavy atom. The maximum absolute atomic E-state index is 11.1. The van der Waals surface area contributed by atoms with E-state index >= 15 is 0 Å². The molecule has 2 aromatic heterocycles. The molecule has 3 aromatic rings. The van der Waals surface area contributed by atoms with Gasteiger partial charge in [0.1, 0.15) is 0 Å². The highest BCUT2D eigenvalue weighted by Gasteiger charge is 2.26. The summed E-state index contributed by atoms with van der Waals surface area (Å²) in [7, 11) is 0. The molecule has 1 amide bonds. The van der Waals surface area contributed by atoms with Crippen molar-refractivity contribution < 1.29 is 10.0 Å². The molecule has 0 radical (unpaired) electrons. The number of carbonyl (C=O) groups is 1. The molecule has 1 fully saturated rings. The number of pyridine rings is 1. The molecule has 2 N–H and O–H groups in total. The molecule has 4 rings (SSSR count). The third-order valence-corrected chi connectivity index (χ3v) is 5.71. The summed E-state index contributed by atoms with van der Waals surface area (Å²) in [6, 6.07) is 15.0. The number of nitrogens with zero attached hydrogens (tertiary/aromatic N) is 3. The van der Waals surface area contributed by atoms with Gasteiger partial charge in [-0.3, -0.25) is 14.9 Å². The topological polar surface area (TPSA) is 69.9 Å². The van der Waals surface area contributed by atoms with E-state index in [0.717, 1.165) is 37.2 Å². The first-order valence-corrected chi connectivity index (χ1v) is 10.0. The van der Waals surface area contributed by atoms with Gasteiger partial charge in [-0.25, -0.2) is 10.00 Å². The summed E-state index contributed by atoms with van der Waals surface area (Å²) in [6.07, 6.45) is 8.37. The van der Waals surface area contributed by atoms with Crippen LogP contribution in [0, 0.1) is 6.92 Å². The fourth-order valence-electron chi connectivity index (χ4n) is 4.24. The van der Waals surface area contributed by atoms with Crippen LogP contribution in [0.4, 0.5) is 0 Å². The Hall–Kier alpha value is -2.96. The number of nitrogens with one attached hydrogen (secondary N) is 1. The van der Waals surface area contributed by atoms with Gasteiger partial charge in [0.05, 0.1) is 11.2 Å². The molecule has 0 spiro atoms. The average Bonchev–Trinajstić information content (AvgIpc) is 3.34. The Kier molecular flexibility index (Phi) is 5.74. The minimum atomic E-state index is -0.529. The second-order valence-electron chi connectivity index (χ2n) is 7.51. The van der Waals surface area contributed by atoms with Crippen molar-refractivity contribution in [1.82, 2.24) is 20.0 Å². The fraction of sp³-hybridized carbons (Fsp3) is 0.304. The molecular weight excluding hydrogens is 364 g/mol. The predicted molar refractivity (Wildman–Crippen MR) is 113 cm³/mol. The minimum absolute atomic E-state index is 0.427. The van der Waals surface area contributed by atoms with Crippen molar-refractivity contribution in [2.45, 2.75) is 32.2 Å². The minimum Gasteiger partial charge on any atom is -0.296 e. The molecule has 6 heteroatoms. The van der Waals surface area contributed by atoms with Crippen LogP contribution in [0.2, 0.25) is 0 Å². The smallest absolute Gasteiger partial charge is 0.267 e. The van der Waals surface area contributed by atoms with E-state index < -0.39 is 5.91 Å². The van der Waals surface area contributed by atoms with E-state index in [4.69, 9.17) is 5.21 Å². The van der Waals surface area contributed by atoms with E-state index in [-0.39, 0.29) is 0 Å². The summed E-state index contributed by atoms with van der Waals surface area (Å²) >= 11 is 0. The molecule has 1 unspecified atom stereocenters. The molecular formula is C23H26N4O2. The number of likely N-dealkylation sites (tertiary alicyclic amines) is 1. The van der Waals surface area contributed by atoms with Crippen molar-refractivity contribution in [2.75, 3.05) is 13.1 Å².